The van der Waals surface area contributed by atoms with Crippen LogP contribution < -0.4 is 16.0 Å². The van der Waals surface area contributed by atoms with Crippen LogP contribution in [0.5, 0.6) is 5.75 Å². The Hall–Kier alpha value is -3.14. The van der Waals surface area contributed by atoms with Crippen molar-refractivity contribution in [3.8, 4) is 5.75 Å². The molecule has 1 saturated heterocycles. The molecule has 1 aliphatic carbocycles. The van der Waals surface area contributed by atoms with Crippen LogP contribution in [0.15, 0.2) is 53.6 Å². The highest BCUT2D eigenvalue weighted by Gasteiger charge is 2.25. The molecule has 34 heavy (non-hydrogen) atoms. The van der Waals surface area contributed by atoms with Crippen LogP contribution in [-0.4, -0.2) is 43.7 Å². The van der Waals surface area contributed by atoms with Crippen LogP contribution in [0.2, 0.25) is 0 Å². The first-order valence-electron chi connectivity index (χ1n) is 11.4. The first-order valence-corrected chi connectivity index (χ1v) is 12.3. The summed E-state index contributed by atoms with van der Waals surface area (Å²) < 4.78 is 0. The van der Waals surface area contributed by atoms with Gasteiger partial charge < -0.3 is 26.2 Å². The average molecular weight is 478 g/mol. The van der Waals surface area contributed by atoms with E-state index in [2.05, 4.69) is 44.1 Å². The first kappa shape index (κ1) is 22.6. The molecule has 1 amide bonds. The Morgan fingerprint density at radius 1 is 1.06 bits per heavy atom. The molecular weight excluding hydrogens is 450 g/mol. The van der Waals surface area contributed by atoms with E-state index in [4.69, 9.17) is 0 Å². The molecule has 5 N–H and O–H groups in total. The van der Waals surface area contributed by atoms with Crippen LogP contribution in [0.1, 0.15) is 36.9 Å². The summed E-state index contributed by atoms with van der Waals surface area (Å²) in [5.74, 6) is 0.850. The molecule has 0 spiro atoms. The standard InChI is InChI=1S/C25H27N5O3S/c31-21-8-3-16-11-15(1-2-17(16)12-21)14-27-18-4-6-19(7-5-18)28-24-26-10-9-20(29-24)13-22-23(32)30-25(33)34-22/h1-3,8-13,18-19,23,27,31-32H,4-7,14H2,(H,30,33)(H,26,28,29)/b22-13-. The van der Waals surface area contributed by atoms with Crippen molar-refractivity contribution in [1.82, 2.24) is 20.6 Å². The van der Waals surface area contributed by atoms with Gasteiger partial charge in [0, 0.05) is 29.7 Å². The number of aliphatic hydroxyl groups excluding tert-OH is 1. The van der Waals surface area contributed by atoms with E-state index in [1.54, 1.807) is 30.5 Å². The zero-order valence-electron chi connectivity index (χ0n) is 18.6. The molecule has 2 aromatic carbocycles. The van der Waals surface area contributed by atoms with Crippen molar-refractivity contribution >= 4 is 39.8 Å². The molecule has 0 radical (unpaired) electrons. The minimum atomic E-state index is -0.977. The highest BCUT2D eigenvalue weighted by atomic mass is 32.2. The number of anilines is 1. The third-order valence-corrected chi connectivity index (χ3v) is 7.13. The molecule has 176 valence electrons. The molecular formula is C25H27N5O3S. The second-order valence-electron chi connectivity index (χ2n) is 8.73. The predicted octanol–water partition coefficient (Wildman–Crippen LogP) is 3.96. The van der Waals surface area contributed by atoms with Crippen molar-refractivity contribution in [1.29, 1.82) is 0 Å². The third-order valence-electron chi connectivity index (χ3n) is 6.25. The molecule has 1 aromatic heterocycles. The largest absolute Gasteiger partial charge is 0.508 e. The molecule has 1 aliphatic heterocycles. The van der Waals surface area contributed by atoms with Crippen LogP contribution in [0, 0.1) is 0 Å². The number of aromatic nitrogens is 2. The van der Waals surface area contributed by atoms with E-state index in [1.165, 1.54) is 5.56 Å². The second-order valence-corrected chi connectivity index (χ2v) is 9.77. The maximum atomic E-state index is 11.4. The molecule has 5 rings (SSSR count). The van der Waals surface area contributed by atoms with Gasteiger partial charge in [-0.25, -0.2) is 9.97 Å². The fourth-order valence-corrected chi connectivity index (χ4v) is 5.17. The average Bonchev–Trinajstić information content (AvgIpc) is 3.15. The minimum absolute atomic E-state index is 0.266. The summed E-state index contributed by atoms with van der Waals surface area (Å²) in [5, 5.41) is 30.9. The number of hydrogen-bond acceptors (Lipinski definition) is 8. The number of amides is 1. The van der Waals surface area contributed by atoms with E-state index < -0.39 is 6.23 Å². The van der Waals surface area contributed by atoms with Crippen LogP contribution in [0.4, 0.5) is 10.7 Å². The molecule has 0 bridgehead atoms. The van der Waals surface area contributed by atoms with E-state index in [0.29, 0.717) is 34.4 Å². The zero-order valence-corrected chi connectivity index (χ0v) is 19.4. The molecule has 1 saturated carbocycles. The molecule has 3 aromatic rings. The van der Waals surface area contributed by atoms with Gasteiger partial charge in [-0.1, -0.05) is 18.2 Å². The Kier molecular flexibility index (Phi) is 6.66. The Balaban J connectivity index is 1.12. The third kappa shape index (κ3) is 5.49. The van der Waals surface area contributed by atoms with Crippen LogP contribution >= 0.6 is 11.8 Å². The highest BCUT2D eigenvalue weighted by molar-refractivity contribution is 8.17. The molecule has 1 unspecified atom stereocenters. The summed E-state index contributed by atoms with van der Waals surface area (Å²) in [7, 11) is 0. The maximum Gasteiger partial charge on any atom is 0.285 e. The van der Waals surface area contributed by atoms with E-state index in [9.17, 15) is 15.0 Å². The van der Waals surface area contributed by atoms with Crippen LogP contribution in [0.25, 0.3) is 16.8 Å². The summed E-state index contributed by atoms with van der Waals surface area (Å²) in [6.07, 6.45) is 6.60. The Morgan fingerprint density at radius 2 is 1.82 bits per heavy atom. The van der Waals surface area contributed by atoms with Gasteiger partial charge in [0.05, 0.1) is 5.69 Å². The molecule has 2 heterocycles. The Morgan fingerprint density at radius 3 is 2.62 bits per heavy atom. The number of hydrogen-bond donors (Lipinski definition) is 5. The fourth-order valence-electron chi connectivity index (χ4n) is 4.43. The number of thioether (sulfide) groups is 1. The number of carbonyl (C=O) groups excluding carboxylic acids is 1. The van der Waals surface area contributed by atoms with E-state index in [1.807, 2.05) is 6.07 Å². The van der Waals surface area contributed by atoms with Gasteiger partial charge in [-0.15, -0.1) is 0 Å². The van der Waals surface area contributed by atoms with Gasteiger partial charge in [-0.3, -0.25) is 4.79 Å². The monoisotopic (exact) mass is 477 g/mol. The van der Waals surface area contributed by atoms with E-state index >= 15 is 0 Å². The molecule has 8 nitrogen and oxygen atoms in total. The quantitative estimate of drug-likeness (QED) is 0.362. The molecule has 1 atom stereocenters. The number of benzene rings is 2. The fraction of sp³-hybridized carbons (Fsp3) is 0.320. The first-order chi connectivity index (χ1) is 16.5. The van der Waals surface area contributed by atoms with Crippen LogP contribution in [0.3, 0.4) is 0 Å². The van der Waals surface area contributed by atoms with Crippen molar-refractivity contribution < 1.29 is 15.0 Å². The number of carbonyl (C=O) groups is 1. The molecule has 2 fully saturated rings. The number of aromatic hydroxyl groups is 1. The Bertz CT molecular complexity index is 1230. The summed E-state index contributed by atoms with van der Waals surface area (Å²) in [6, 6.07) is 14.3. The number of rotatable bonds is 6. The van der Waals surface area contributed by atoms with Crippen molar-refractivity contribution in [3.05, 3.63) is 64.8 Å². The topological polar surface area (TPSA) is 119 Å². The maximum absolute atomic E-state index is 11.4. The van der Waals surface area contributed by atoms with Crippen molar-refractivity contribution in [3.63, 3.8) is 0 Å². The van der Waals surface area contributed by atoms with E-state index in [-0.39, 0.29) is 5.24 Å². The van der Waals surface area contributed by atoms with Crippen LogP contribution in [-0.2, 0) is 6.54 Å². The predicted molar refractivity (Wildman–Crippen MR) is 134 cm³/mol. The van der Waals surface area contributed by atoms with Gasteiger partial charge in [0.1, 0.15) is 5.75 Å². The van der Waals surface area contributed by atoms with Gasteiger partial charge in [0.15, 0.2) is 6.23 Å². The smallest absolute Gasteiger partial charge is 0.285 e. The van der Waals surface area contributed by atoms with Crippen molar-refractivity contribution in [2.24, 2.45) is 0 Å². The summed E-state index contributed by atoms with van der Waals surface area (Å²) in [5.41, 5.74) is 1.89. The summed E-state index contributed by atoms with van der Waals surface area (Å²) in [6.45, 7) is 0.820. The normalized spacial score (nSPS) is 23.9. The van der Waals surface area contributed by atoms with Gasteiger partial charge in [-0.2, -0.15) is 0 Å². The van der Waals surface area contributed by atoms with Gasteiger partial charge in [0.2, 0.25) is 5.95 Å². The van der Waals surface area contributed by atoms with Gasteiger partial charge in [0.25, 0.3) is 5.24 Å². The van der Waals surface area contributed by atoms with Gasteiger partial charge >= 0.3 is 0 Å². The lowest BCUT2D eigenvalue weighted by atomic mass is 9.91. The second kappa shape index (κ2) is 10.0. The SMILES string of the molecule is O=C1NC(O)/C(=C/c2ccnc(NC3CCC(NCc4ccc5cc(O)ccc5c4)CC3)n2)S1. The number of aliphatic hydroxyl groups is 1. The minimum Gasteiger partial charge on any atom is -0.508 e. The lowest BCUT2D eigenvalue weighted by Gasteiger charge is -2.30. The number of phenols is 1. The highest BCUT2D eigenvalue weighted by Crippen LogP contribution is 2.28. The number of fused-ring (bicyclic) bond motifs is 1. The van der Waals surface area contributed by atoms with Crippen molar-refractivity contribution in [2.45, 2.75) is 50.5 Å². The number of nitrogens with zero attached hydrogens (tertiary/aromatic N) is 2. The zero-order chi connectivity index (χ0) is 23.5. The molecule has 9 heteroatoms. The molecule has 2 aliphatic rings. The number of nitrogens with one attached hydrogen (secondary N) is 3. The summed E-state index contributed by atoms with van der Waals surface area (Å²) >= 11 is 0.977. The lowest BCUT2D eigenvalue weighted by molar-refractivity contribution is 0.192. The Labute approximate surface area is 201 Å². The van der Waals surface area contributed by atoms with Gasteiger partial charge in [-0.05, 0) is 84.1 Å². The van der Waals surface area contributed by atoms with Crippen molar-refractivity contribution in [2.75, 3.05) is 5.32 Å². The number of phenolic OH excluding ortho intramolecular Hbond substituents is 1. The summed E-state index contributed by atoms with van der Waals surface area (Å²) in [4.78, 5) is 20.8. The van der Waals surface area contributed by atoms with E-state index in [0.717, 1.165) is 54.8 Å². The lowest BCUT2D eigenvalue weighted by Crippen LogP contribution is -2.36.